The molecule has 0 saturated heterocycles. The monoisotopic (exact) mass is 381 g/mol. The number of methoxy groups -OCH3 is 1. The Morgan fingerprint density at radius 1 is 1.07 bits per heavy atom. The summed E-state index contributed by atoms with van der Waals surface area (Å²) in [5.41, 5.74) is 3.43. The molecule has 0 bridgehead atoms. The first-order valence-corrected chi connectivity index (χ1v) is 9.14. The lowest BCUT2D eigenvalue weighted by Crippen LogP contribution is -2.13. The van der Waals surface area contributed by atoms with Crippen molar-refractivity contribution in [3.8, 4) is 16.3 Å². The second-order valence-electron chi connectivity index (χ2n) is 5.93. The summed E-state index contributed by atoms with van der Waals surface area (Å²) in [6, 6.07) is 12.9. The first-order valence-electron chi connectivity index (χ1n) is 8.26. The summed E-state index contributed by atoms with van der Waals surface area (Å²) in [7, 11) is 1.61. The number of thiazole rings is 1. The van der Waals surface area contributed by atoms with E-state index in [1.54, 1.807) is 24.6 Å². The van der Waals surface area contributed by atoms with Gasteiger partial charge in [0.05, 0.1) is 7.11 Å². The van der Waals surface area contributed by atoms with Crippen LogP contribution in [0.4, 0.5) is 11.4 Å². The van der Waals surface area contributed by atoms with Gasteiger partial charge in [-0.3, -0.25) is 9.59 Å². The summed E-state index contributed by atoms with van der Waals surface area (Å²) in [5.74, 6) is 0.302. The van der Waals surface area contributed by atoms with E-state index in [0.29, 0.717) is 17.1 Å². The van der Waals surface area contributed by atoms with Gasteiger partial charge in [0, 0.05) is 29.2 Å². The van der Waals surface area contributed by atoms with Crippen LogP contribution in [0, 0.1) is 6.92 Å². The second-order valence-corrected chi connectivity index (χ2v) is 6.79. The SMILES string of the molecule is COc1ccc(-c2nc(C(=O)Nc3ccc(C)c(NC(C)=O)c3)cs2)cc1. The maximum absolute atomic E-state index is 12.5. The smallest absolute Gasteiger partial charge is 0.275 e. The van der Waals surface area contributed by atoms with Crippen molar-refractivity contribution >= 4 is 34.5 Å². The van der Waals surface area contributed by atoms with E-state index >= 15 is 0 Å². The topological polar surface area (TPSA) is 80.3 Å². The molecule has 0 aliphatic carbocycles. The minimum Gasteiger partial charge on any atom is -0.497 e. The average Bonchev–Trinajstić information content (AvgIpc) is 3.14. The predicted octanol–water partition coefficient (Wildman–Crippen LogP) is 4.34. The fourth-order valence-electron chi connectivity index (χ4n) is 2.46. The summed E-state index contributed by atoms with van der Waals surface area (Å²) in [5, 5.41) is 8.04. The van der Waals surface area contributed by atoms with Crippen molar-refractivity contribution in [3.05, 3.63) is 59.1 Å². The Kier molecular flexibility index (Phi) is 5.52. The number of carbonyl (C=O) groups is 2. The van der Waals surface area contributed by atoms with Crippen molar-refractivity contribution in [2.45, 2.75) is 13.8 Å². The summed E-state index contributed by atoms with van der Waals surface area (Å²) in [6.07, 6.45) is 0. The van der Waals surface area contributed by atoms with Crippen LogP contribution in [0.2, 0.25) is 0 Å². The Bertz CT molecular complexity index is 980. The van der Waals surface area contributed by atoms with Crippen LogP contribution in [-0.2, 0) is 4.79 Å². The molecule has 138 valence electrons. The standard InChI is InChI=1S/C20H19N3O3S/c1-12-4-7-15(10-17(12)21-13(2)24)22-19(25)18-11-27-20(23-18)14-5-8-16(26-3)9-6-14/h4-11H,1-3H3,(H,21,24)(H,22,25). The molecule has 0 saturated carbocycles. The molecule has 0 unspecified atom stereocenters. The summed E-state index contributed by atoms with van der Waals surface area (Å²) in [4.78, 5) is 28.2. The molecule has 27 heavy (non-hydrogen) atoms. The Morgan fingerprint density at radius 2 is 1.81 bits per heavy atom. The third-order valence-corrected chi connectivity index (χ3v) is 4.77. The van der Waals surface area contributed by atoms with E-state index < -0.39 is 0 Å². The van der Waals surface area contributed by atoms with Gasteiger partial charge in [-0.2, -0.15) is 0 Å². The summed E-state index contributed by atoms with van der Waals surface area (Å²) < 4.78 is 5.15. The van der Waals surface area contributed by atoms with Crippen LogP contribution in [0.1, 0.15) is 23.0 Å². The Labute approximate surface area is 161 Å². The lowest BCUT2D eigenvalue weighted by Gasteiger charge is -2.10. The van der Waals surface area contributed by atoms with E-state index in [2.05, 4.69) is 15.6 Å². The zero-order valence-electron chi connectivity index (χ0n) is 15.2. The van der Waals surface area contributed by atoms with Crippen molar-refractivity contribution in [2.24, 2.45) is 0 Å². The van der Waals surface area contributed by atoms with Crippen LogP contribution in [-0.4, -0.2) is 23.9 Å². The summed E-state index contributed by atoms with van der Waals surface area (Å²) >= 11 is 1.40. The Balaban J connectivity index is 1.75. The number of aromatic nitrogens is 1. The number of rotatable bonds is 5. The number of nitrogens with one attached hydrogen (secondary N) is 2. The van der Waals surface area contributed by atoms with Crippen molar-refractivity contribution in [1.82, 2.24) is 4.98 Å². The highest BCUT2D eigenvalue weighted by molar-refractivity contribution is 7.13. The van der Waals surface area contributed by atoms with Crippen molar-refractivity contribution in [2.75, 3.05) is 17.7 Å². The molecule has 2 N–H and O–H groups in total. The van der Waals surface area contributed by atoms with Gasteiger partial charge in [0.15, 0.2) is 0 Å². The summed E-state index contributed by atoms with van der Waals surface area (Å²) in [6.45, 7) is 3.33. The lowest BCUT2D eigenvalue weighted by molar-refractivity contribution is -0.114. The molecule has 2 aromatic carbocycles. The lowest BCUT2D eigenvalue weighted by atomic mass is 10.1. The van der Waals surface area contributed by atoms with Crippen LogP contribution in [0.25, 0.3) is 10.6 Å². The number of anilines is 2. The van der Waals surface area contributed by atoms with E-state index in [4.69, 9.17) is 4.74 Å². The molecule has 0 fully saturated rings. The third-order valence-electron chi connectivity index (χ3n) is 3.88. The molecule has 6 nitrogen and oxygen atoms in total. The molecular weight excluding hydrogens is 362 g/mol. The number of nitrogens with zero attached hydrogens (tertiary/aromatic N) is 1. The Hall–Kier alpha value is -3.19. The molecule has 3 rings (SSSR count). The van der Waals surface area contributed by atoms with Crippen LogP contribution < -0.4 is 15.4 Å². The van der Waals surface area contributed by atoms with Gasteiger partial charge in [0.25, 0.3) is 5.91 Å². The van der Waals surface area contributed by atoms with E-state index in [9.17, 15) is 9.59 Å². The molecule has 1 aromatic heterocycles. The molecule has 3 aromatic rings. The predicted molar refractivity (Wildman–Crippen MR) is 108 cm³/mol. The van der Waals surface area contributed by atoms with Gasteiger partial charge in [0.1, 0.15) is 16.5 Å². The minimum absolute atomic E-state index is 0.162. The van der Waals surface area contributed by atoms with Gasteiger partial charge in [-0.15, -0.1) is 11.3 Å². The van der Waals surface area contributed by atoms with Crippen molar-refractivity contribution in [1.29, 1.82) is 0 Å². The Morgan fingerprint density at radius 3 is 2.48 bits per heavy atom. The van der Waals surface area contributed by atoms with E-state index in [0.717, 1.165) is 21.9 Å². The number of carbonyl (C=O) groups excluding carboxylic acids is 2. The van der Waals surface area contributed by atoms with Crippen LogP contribution >= 0.6 is 11.3 Å². The minimum atomic E-state index is -0.302. The number of hydrogen-bond donors (Lipinski definition) is 2. The van der Waals surface area contributed by atoms with Gasteiger partial charge in [-0.25, -0.2) is 4.98 Å². The molecule has 0 atom stereocenters. The molecule has 0 spiro atoms. The van der Waals surface area contributed by atoms with E-state index in [1.165, 1.54) is 18.3 Å². The molecular formula is C20H19N3O3S. The largest absolute Gasteiger partial charge is 0.497 e. The van der Waals surface area contributed by atoms with E-state index in [-0.39, 0.29) is 11.8 Å². The zero-order valence-corrected chi connectivity index (χ0v) is 16.0. The van der Waals surface area contributed by atoms with Gasteiger partial charge < -0.3 is 15.4 Å². The highest BCUT2D eigenvalue weighted by Gasteiger charge is 2.13. The highest BCUT2D eigenvalue weighted by Crippen LogP contribution is 2.26. The van der Waals surface area contributed by atoms with Crippen LogP contribution in [0.3, 0.4) is 0 Å². The van der Waals surface area contributed by atoms with Gasteiger partial charge in [-0.1, -0.05) is 6.07 Å². The zero-order chi connectivity index (χ0) is 19.4. The molecule has 7 heteroatoms. The number of amides is 2. The molecule has 0 aliphatic heterocycles. The maximum atomic E-state index is 12.5. The fraction of sp³-hybridized carbons (Fsp3) is 0.150. The van der Waals surface area contributed by atoms with Gasteiger partial charge >= 0.3 is 0 Å². The highest BCUT2D eigenvalue weighted by atomic mass is 32.1. The molecule has 2 amide bonds. The first kappa shape index (κ1) is 18.6. The molecule has 1 heterocycles. The number of hydrogen-bond acceptors (Lipinski definition) is 5. The molecule has 0 radical (unpaired) electrons. The van der Waals surface area contributed by atoms with E-state index in [1.807, 2.05) is 37.3 Å². The van der Waals surface area contributed by atoms with Crippen LogP contribution in [0.15, 0.2) is 47.8 Å². The van der Waals surface area contributed by atoms with Crippen molar-refractivity contribution in [3.63, 3.8) is 0 Å². The third kappa shape index (κ3) is 4.51. The van der Waals surface area contributed by atoms with Gasteiger partial charge in [0.2, 0.25) is 5.91 Å². The number of ether oxygens (including phenoxy) is 1. The molecule has 0 aliphatic rings. The van der Waals surface area contributed by atoms with Gasteiger partial charge in [-0.05, 0) is 48.9 Å². The second kappa shape index (κ2) is 8.01. The van der Waals surface area contributed by atoms with Crippen LogP contribution in [0.5, 0.6) is 5.75 Å². The maximum Gasteiger partial charge on any atom is 0.275 e. The fourth-order valence-corrected chi connectivity index (χ4v) is 3.27. The average molecular weight is 381 g/mol. The normalized spacial score (nSPS) is 10.3. The quantitative estimate of drug-likeness (QED) is 0.689. The van der Waals surface area contributed by atoms with Crippen molar-refractivity contribution < 1.29 is 14.3 Å². The number of aryl methyl sites for hydroxylation is 1. The number of benzene rings is 2. The first-order chi connectivity index (χ1) is 13.0.